The van der Waals surface area contributed by atoms with E-state index in [-0.39, 0.29) is 43.3 Å². The Morgan fingerprint density at radius 1 is 1.11 bits per heavy atom. The van der Waals surface area contributed by atoms with Crippen LogP contribution in [0, 0.1) is 11.3 Å². The molecular weight excluding hydrogens is 472 g/mol. The molecule has 10 heteroatoms. The van der Waals surface area contributed by atoms with Crippen molar-refractivity contribution in [2.75, 3.05) is 47.6 Å². The minimum atomic E-state index is -0.416. The Kier molecular flexibility index (Phi) is 9.16. The maximum Gasteiger partial charge on any atom is 0.307 e. The van der Waals surface area contributed by atoms with Crippen LogP contribution in [0.1, 0.15) is 29.3 Å². The third kappa shape index (κ3) is 7.05. The van der Waals surface area contributed by atoms with Crippen LogP contribution in [0.15, 0.2) is 66.9 Å². The van der Waals surface area contributed by atoms with Gasteiger partial charge in [-0.2, -0.15) is 5.26 Å². The van der Waals surface area contributed by atoms with Crippen LogP contribution in [0.2, 0.25) is 0 Å². The molecule has 37 heavy (non-hydrogen) atoms. The van der Waals surface area contributed by atoms with Gasteiger partial charge >= 0.3 is 5.97 Å². The van der Waals surface area contributed by atoms with Crippen molar-refractivity contribution in [3.05, 3.63) is 78.0 Å². The Balaban J connectivity index is 1.72. The average Bonchev–Trinajstić information content (AvgIpc) is 2.92. The first-order valence-electron chi connectivity index (χ1n) is 11.6. The van der Waals surface area contributed by atoms with Gasteiger partial charge in [-0.15, -0.1) is 0 Å². The second-order valence-electron chi connectivity index (χ2n) is 7.97. The number of rotatable bonds is 10. The van der Waals surface area contributed by atoms with Gasteiger partial charge in [-0.3, -0.25) is 19.3 Å². The molecule has 0 spiro atoms. The summed E-state index contributed by atoms with van der Waals surface area (Å²) in [6.45, 7) is 2.05. The number of benzene rings is 2. The molecule has 0 radical (unpaired) electrons. The Labute approximate surface area is 215 Å². The normalized spacial score (nSPS) is 10.2. The number of amides is 2. The van der Waals surface area contributed by atoms with Crippen LogP contribution < -0.4 is 20.9 Å². The standard InChI is InChI=1S/C27H28N6O4/c1-3-37-26(35)13-15-33(24-6-4-5-14-30-24)27(36)20-9-12-23(22(29)16-20)32(2)25(34)18-31-21-10-7-19(17-28)8-11-21/h4-12,14,16,31H,3,13,15,18,29H2,1-2H3. The zero-order valence-electron chi connectivity index (χ0n) is 20.7. The highest BCUT2D eigenvalue weighted by molar-refractivity contribution is 6.07. The van der Waals surface area contributed by atoms with Crippen LogP contribution in [-0.2, 0) is 14.3 Å². The number of nitrogens with two attached hydrogens (primary N) is 1. The molecule has 0 atom stereocenters. The Bertz CT molecular complexity index is 1290. The molecule has 1 heterocycles. The summed E-state index contributed by atoms with van der Waals surface area (Å²) in [5, 5.41) is 11.9. The molecule has 1 aromatic heterocycles. The molecule has 3 aromatic rings. The summed E-state index contributed by atoms with van der Waals surface area (Å²) in [6, 6.07) is 18.6. The van der Waals surface area contributed by atoms with Crippen molar-refractivity contribution in [1.82, 2.24) is 4.98 Å². The van der Waals surface area contributed by atoms with Crippen LogP contribution >= 0.6 is 0 Å². The number of hydrogen-bond donors (Lipinski definition) is 2. The molecule has 0 aliphatic carbocycles. The lowest BCUT2D eigenvalue weighted by Gasteiger charge is -2.23. The van der Waals surface area contributed by atoms with E-state index < -0.39 is 11.9 Å². The van der Waals surface area contributed by atoms with E-state index in [0.29, 0.717) is 22.8 Å². The largest absolute Gasteiger partial charge is 0.466 e. The molecule has 0 unspecified atom stereocenters. The molecule has 3 N–H and O–H groups in total. The van der Waals surface area contributed by atoms with Crippen LogP contribution in [0.25, 0.3) is 0 Å². The van der Waals surface area contributed by atoms with Gasteiger partial charge in [-0.1, -0.05) is 6.07 Å². The zero-order chi connectivity index (χ0) is 26.8. The fraction of sp³-hybridized carbons (Fsp3) is 0.222. The van der Waals surface area contributed by atoms with E-state index in [1.807, 2.05) is 6.07 Å². The molecule has 3 rings (SSSR count). The highest BCUT2D eigenvalue weighted by atomic mass is 16.5. The zero-order valence-corrected chi connectivity index (χ0v) is 20.7. The van der Waals surface area contributed by atoms with Crippen molar-refractivity contribution in [2.24, 2.45) is 0 Å². The Morgan fingerprint density at radius 2 is 1.86 bits per heavy atom. The van der Waals surface area contributed by atoms with Crippen molar-refractivity contribution < 1.29 is 19.1 Å². The monoisotopic (exact) mass is 500 g/mol. The van der Waals surface area contributed by atoms with Crippen molar-refractivity contribution in [3.8, 4) is 6.07 Å². The van der Waals surface area contributed by atoms with Gasteiger partial charge in [0.25, 0.3) is 5.91 Å². The van der Waals surface area contributed by atoms with Crippen molar-refractivity contribution in [3.63, 3.8) is 0 Å². The van der Waals surface area contributed by atoms with E-state index in [4.69, 9.17) is 15.7 Å². The SMILES string of the molecule is CCOC(=O)CCN(C(=O)c1ccc(N(C)C(=O)CNc2ccc(C#N)cc2)c(N)c1)c1ccccn1. The number of nitrogens with one attached hydrogen (secondary N) is 1. The molecular formula is C27H28N6O4. The lowest BCUT2D eigenvalue weighted by Crippen LogP contribution is -2.34. The van der Waals surface area contributed by atoms with Gasteiger partial charge in [0.05, 0.1) is 42.6 Å². The minimum absolute atomic E-state index is 0.00381. The third-order valence-electron chi connectivity index (χ3n) is 5.48. The lowest BCUT2D eigenvalue weighted by atomic mass is 10.1. The van der Waals surface area contributed by atoms with Gasteiger partial charge in [0, 0.05) is 31.0 Å². The summed E-state index contributed by atoms with van der Waals surface area (Å²) in [4.78, 5) is 45.0. The van der Waals surface area contributed by atoms with E-state index in [0.717, 1.165) is 0 Å². The maximum atomic E-state index is 13.4. The second-order valence-corrected chi connectivity index (χ2v) is 7.97. The first-order valence-corrected chi connectivity index (χ1v) is 11.6. The van der Waals surface area contributed by atoms with Crippen molar-refractivity contribution >= 4 is 40.7 Å². The van der Waals surface area contributed by atoms with Gasteiger partial charge in [0.1, 0.15) is 5.82 Å². The average molecular weight is 501 g/mol. The number of carbonyl (C=O) groups is 3. The highest BCUT2D eigenvalue weighted by Crippen LogP contribution is 2.25. The van der Waals surface area contributed by atoms with Gasteiger partial charge < -0.3 is 20.7 Å². The molecule has 2 amide bonds. The van der Waals surface area contributed by atoms with Crippen molar-refractivity contribution in [2.45, 2.75) is 13.3 Å². The highest BCUT2D eigenvalue weighted by Gasteiger charge is 2.22. The number of likely N-dealkylation sites (N-methyl/N-ethyl adjacent to an activating group) is 1. The fourth-order valence-electron chi connectivity index (χ4n) is 3.51. The number of nitrogens with zero attached hydrogens (tertiary/aromatic N) is 4. The molecule has 10 nitrogen and oxygen atoms in total. The molecule has 0 saturated heterocycles. The molecule has 0 fully saturated rings. The predicted molar refractivity (Wildman–Crippen MR) is 141 cm³/mol. The number of pyridine rings is 1. The molecule has 0 aliphatic heterocycles. The maximum absolute atomic E-state index is 13.4. The Hall–Kier alpha value is -4.91. The van der Waals surface area contributed by atoms with Crippen molar-refractivity contribution in [1.29, 1.82) is 5.26 Å². The van der Waals surface area contributed by atoms with E-state index in [9.17, 15) is 14.4 Å². The molecule has 0 aliphatic rings. The lowest BCUT2D eigenvalue weighted by molar-refractivity contribution is -0.142. The summed E-state index contributed by atoms with van der Waals surface area (Å²) >= 11 is 0. The number of nitrogen functional groups attached to an aromatic ring is 1. The number of aromatic nitrogens is 1. The van der Waals surface area contributed by atoms with E-state index >= 15 is 0 Å². The smallest absolute Gasteiger partial charge is 0.307 e. The van der Waals surface area contributed by atoms with Gasteiger partial charge in [-0.05, 0) is 61.5 Å². The Morgan fingerprint density at radius 3 is 2.49 bits per heavy atom. The molecule has 0 saturated carbocycles. The first kappa shape index (κ1) is 26.7. The first-order chi connectivity index (χ1) is 17.8. The summed E-state index contributed by atoms with van der Waals surface area (Å²) in [7, 11) is 1.59. The number of nitriles is 1. The van der Waals surface area contributed by atoms with E-state index in [2.05, 4.69) is 10.3 Å². The third-order valence-corrected chi connectivity index (χ3v) is 5.48. The summed E-state index contributed by atoms with van der Waals surface area (Å²) in [5.41, 5.74) is 8.43. The van der Waals surface area contributed by atoms with E-state index in [1.165, 1.54) is 15.9 Å². The van der Waals surface area contributed by atoms with Crippen LogP contribution in [0.5, 0.6) is 0 Å². The summed E-state index contributed by atoms with van der Waals surface area (Å²) in [5.74, 6) is -0.668. The van der Waals surface area contributed by atoms with Crippen LogP contribution in [0.3, 0.4) is 0 Å². The molecule has 190 valence electrons. The molecule has 0 bridgehead atoms. The fourth-order valence-corrected chi connectivity index (χ4v) is 3.51. The summed E-state index contributed by atoms with van der Waals surface area (Å²) in [6.07, 6.45) is 1.57. The van der Waals surface area contributed by atoms with Gasteiger partial charge in [-0.25, -0.2) is 4.98 Å². The number of esters is 1. The van der Waals surface area contributed by atoms with E-state index in [1.54, 1.807) is 74.8 Å². The minimum Gasteiger partial charge on any atom is -0.466 e. The van der Waals surface area contributed by atoms with Gasteiger partial charge in [0.2, 0.25) is 5.91 Å². The van der Waals surface area contributed by atoms with Gasteiger partial charge in [0.15, 0.2) is 0 Å². The van der Waals surface area contributed by atoms with Crippen LogP contribution in [0.4, 0.5) is 22.9 Å². The molecule has 2 aromatic carbocycles. The summed E-state index contributed by atoms with van der Waals surface area (Å²) < 4.78 is 4.98. The van der Waals surface area contributed by atoms with Crippen LogP contribution in [-0.4, -0.2) is 49.5 Å². The number of hydrogen-bond acceptors (Lipinski definition) is 8. The number of ether oxygens (including phenoxy) is 1. The predicted octanol–water partition coefficient (Wildman–Crippen LogP) is 3.21. The quantitative estimate of drug-likeness (QED) is 0.319. The topological polar surface area (TPSA) is 142 Å². The second kappa shape index (κ2) is 12.7. The number of carbonyl (C=O) groups excluding carboxylic acids is 3. The number of anilines is 4.